The molecule has 2 heteroatoms. The van der Waals surface area contributed by atoms with Crippen LogP contribution in [0.1, 0.15) is 63.4 Å². The first kappa shape index (κ1) is 14.5. The highest BCUT2D eigenvalue weighted by Crippen LogP contribution is 2.27. The van der Waals surface area contributed by atoms with E-state index < -0.39 is 0 Å². The Morgan fingerprint density at radius 1 is 1.11 bits per heavy atom. The minimum absolute atomic E-state index is 0.164. The number of ether oxygens (including phenoxy) is 2. The lowest BCUT2D eigenvalue weighted by atomic mass is 10.0. The van der Waals surface area contributed by atoms with Crippen molar-refractivity contribution in [2.75, 3.05) is 6.61 Å². The van der Waals surface area contributed by atoms with Crippen molar-refractivity contribution < 1.29 is 9.47 Å². The van der Waals surface area contributed by atoms with Crippen LogP contribution < -0.4 is 0 Å². The minimum Gasteiger partial charge on any atom is -0.348 e. The fourth-order valence-electron chi connectivity index (χ4n) is 2.48. The Balaban J connectivity index is 1.90. The molecule has 0 saturated carbocycles. The maximum absolute atomic E-state index is 5.94. The van der Waals surface area contributed by atoms with Gasteiger partial charge in [-0.2, -0.15) is 0 Å². The minimum atomic E-state index is -0.164. The van der Waals surface area contributed by atoms with E-state index in [-0.39, 0.29) is 6.29 Å². The molecule has 0 N–H and O–H groups in total. The van der Waals surface area contributed by atoms with Crippen molar-refractivity contribution in [2.45, 2.75) is 64.8 Å². The van der Waals surface area contributed by atoms with Crippen molar-refractivity contribution in [3.05, 3.63) is 35.4 Å². The number of benzene rings is 1. The molecule has 2 nitrogen and oxygen atoms in total. The van der Waals surface area contributed by atoms with Gasteiger partial charge in [-0.15, -0.1) is 0 Å². The number of aryl methyl sites for hydroxylation is 1. The predicted octanol–water partition coefficient (Wildman–Crippen LogP) is 4.63. The van der Waals surface area contributed by atoms with Crippen LogP contribution in [0.25, 0.3) is 0 Å². The Bertz CT molecular complexity index is 358. The zero-order valence-corrected chi connectivity index (χ0v) is 12.2. The average Bonchev–Trinajstić information content (AvgIpc) is 2.48. The van der Waals surface area contributed by atoms with Crippen LogP contribution in [0.5, 0.6) is 0 Å². The second-order valence-electron chi connectivity index (χ2n) is 5.36. The van der Waals surface area contributed by atoms with Crippen LogP contribution in [-0.4, -0.2) is 12.7 Å². The summed E-state index contributed by atoms with van der Waals surface area (Å²) in [5.74, 6) is 0. The third kappa shape index (κ3) is 4.32. The highest BCUT2D eigenvalue weighted by molar-refractivity contribution is 5.23. The zero-order chi connectivity index (χ0) is 13.5. The summed E-state index contributed by atoms with van der Waals surface area (Å²) in [5, 5.41) is 0. The van der Waals surface area contributed by atoms with E-state index in [2.05, 4.69) is 38.1 Å². The molecular formula is C17H26O2. The fraction of sp³-hybridized carbons (Fsp3) is 0.647. The van der Waals surface area contributed by atoms with Crippen LogP contribution in [-0.2, 0) is 15.9 Å². The SMILES string of the molecule is CCCCCc1ccc(C2OCCC(CC)O2)cc1. The first-order valence-electron chi connectivity index (χ1n) is 7.69. The molecule has 2 unspecified atom stereocenters. The maximum Gasteiger partial charge on any atom is 0.184 e. The monoisotopic (exact) mass is 262 g/mol. The second-order valence-corrected chi connectivity index (χ2v) is 5.36. The summed E-state index contributed by atoms with van der Waals surface area (Å²) in [6, 6.07) is 8.74. The van der Waals surface area contributed by atoms with Gasteiger partial charge in [0.25, 0.3) is 0 Å². The molecule has 1 aromatic rings. The Hall–Kier alpha value is -0.860. The summed E-state index contributed by atoms with van der Waals surface area (Å²) in [7, 11) is 0. The van der Waals surface area contributed by atoms with Gasteiger partial charge in [0.1, 0.15) is 0 Å². The Morgan fingerprint density at radius 3 is 2.58 bits per heavy atom. The molecule has 2 rings (SSSR count). The van der Waals surface area contributed by atoms with Crippen molar-refractivity contribution >= 4 is 0 Å². The van der Waals surface area contributed by atoms with Crippen molar-refractivity contribution in [3.63, 3.8) is 0 Å². The lowest BCUT2D eigenvalue weighted by molar-refractivity contribution is -0.217. The van der Waals surface area contributed by atoms with Crippen molar-refractivity contribution in [1.29, 1.82) is 0 Å². The van der Waals surface area contributed by atoms with Crippen LogP contribution in [0.3, 0.4) is 0 Å². The molecule has 0 aliphatic carbocycles. The Labute approximate surface area is 117 Å². The maximum atomic E-state index is 5.94. The normalized spacial score (nSPS) is 23.5. The molecule has 1 heterocycles. The summed E-state index contributed by atoms with van der Waals surface area (Å²) in [5.41, 5.74) is 2.57. The van der Waals surface area contributed by atoms with Crippen LogP contribution in [0.15, 0.2) is 24.3 Å². The molecule has 1 saturated heterocycles. The Kier molecular flexibility index (Phi) is 5.87. The smallest absolute Gasteiger partial charge is 0.184 e. The molecule has 0 bridgehead atoms. The quantitative estimate of drug-likeness (QED) is 0.696. The third-order valence-corrected chi connectivity index (χ3v) is 3.80. The van der Waals surface area contributed by atoms with Gasteiger partial charge in [0, 0.05) is 5.56 Å². The summed E-state index contributed by atoms with van der Waals surface area (Å²) in [6.07, 6.45) is 7.32. The van der Waals surface area contributed by atoms with Gasteiger partial charge >= 0.3 is 0 Å². The molecule has 106 valence electrons. The fourth-order valence-corrected chi connectivity index (χ4v) is 2.48. The number of unbranched alkanes of at least 4 members (excludes halogenated alkanes) is 2. The summed E-state index contributed by atoms with van der Waals surface area (Å²) in [6.45, 7) is 5.22. The molecule has 2 atom stereocenters. The van der Waals surface area contributed by atoms with E-state index in [0.717, 1.165) is 25.0 Å². The lowest BCUT2D eigenvalue weighted by Crippen LogP contribution is -2.26. The van der Waals surface area contributed by atoms with Crippen molar-refractivity contribution in [2.24, 2.45) is 0 Å². The number of rotatable bonds is 6. The predicted molar refractivity (Wildman–Crippen MR) is 78.1 cm³/mol. The molecule has 0 radical (unpaired) electrons. The molecule has 1 fully saturated rings. The van der Waals surface area contributed by atoms with Gasteiger partial charge in [0.15, 0.2) is 6.29 Å². The van der Waals surface area contributed by atoms with Gasteiger partial charge in [-0.05, 0) is 31.2 Å². The Morgan fingerprint density at radius 2 is 1.89 bits per heavy atom. The van der Waals surface area contributed by atoms with Gasteiger partial charge in [-0.25, -0.2) is 0 Å². The first-order valence-corrected chi connectivity index (χ1v) is 7.69. The van der Waals surface area contributed by atoms with Gasteiger partial charge < -0.3 is 9.47 Å². The average molecular weight is 262 g/mol. The topological polar surface area (TPSA) is 18.5 Å². The third-order valence-electron chi connectivity index (χ3n) is 3.80. The highest BCUT2D eigenvalue weighted by atomic mass is 16.7. The van der Waals surface area contributed by atoms with E-state index >= 15 is 0 Å². The first-order chi connectivity index (χ1) is 9.33. The highest BCUT2D eigenvalue weighted by Gasteiger charge is 2.22. The van der Waals surface area contributed by atoms with Gasteiger partial charge in [0.05, 0.1) is 12.7 Å². The van der Waals surface area contributed by atoms with Crippen molar-refractivity contribution in [3.8, 4) is 0 Å². The van der Waals surface area contributed by atoms with Gasteiger partial charge in [-0.3, -0.25) is 0 Å². The van der Waals surface area contributed by atoms with Crippen LogP contribution in [0, 0.1) is 0 Å². The van der Waals surface area contributed by atoms with E-state index in [1.165, 1.54) is 31.2 Å². The number of hydrogen-bond donors (Lipinski definition) is 0. The van der Waals surface area contributed by atoms with Crippen LogP contribution in [0.2, 0.25) is 0 Å². The van der Waals surface area contributed by atoms with E-state index in [1.807, 2.05) is 0 Å². The summed E-state index contributed by atoms with van der Waals surface area (Å²) in [4.78, 5) is 0. The molecule has 19 heavy (non-hydrogen) atoms. The van der Waals surface area contributed by atoms with E-state index in [1.54, 1.807) is 0 Å². The summed E-state index contributed by atoms with van der Waals surface area (Å²) >= 11 is 0. The standard InChI is InChI=1S/C17H26O2/c1-3-5-6-7-14-8-10-15(11-9-14)17-18-13-12-16(4-2)19-17/h8-11,16-17H,3-7,12-13H2,1-2H3. The van der Waals surface area contributed by atoms with Crippen LogP contribution >= 0.6 is 0 Å². The molecular weight excluding hydrogens is 236 g/mol. The van der Waals surface area contributed by atoms with E-state index in [9.17, 15) is 0 Å². The van der Waals surface area contributed by atoms with E-state index in [4.69, 9.17) is 9.47 Å². The molecule has 1 aliphatic heterocycles. The molecule has 0 spiro atoms. The molecule has 1 aliphatic rings. The molecule has 0 amide bonds. The van der Waals surface area contributed by atoms with Gasteiger partial charge in [0.2, 0.25) is 0 Å². The van der Waals surface area contributed by atoms with Crippen LogP contribution in [0.4, 0.5) is 0 Å². The van der Waals surface area contributed by atoms with Gasteiger partial charge in [-0.1, -0.05) is 51.0 Å². The molecule has 0 aromatic heterocycles. The zero-order valence-electron chi connectivity index (χ0n) is 12.2. The molecule has 1 aromatic carbocycles. The lowest BCUT2D eigenvalue weighted by Gasteiger charge is -2.30. The summed E-state index contributed by atoms with van der Waals surface area (Å²) < 4.78 is 11.7. The number of hydrogen-bond acceptors (Lipinski definition) is 2. The largest absolute Gasteiger partial charge is 0.348 e. The van der Waals surface area contributed by atoms with E-state index in [0.29, 0.717) is 6.10 Å². The second kappa shape index (κ2) is 7.66. The van der Waals surface area contributed by atoms with Crippen molar-refractivity contribution in [1.82, 2.24) is 0 Å².